The lowest BCUT2D eigenvalue weighted by atomic mass is 9.80. The molecule has 0 aliphatic carbocycles. The fourth-order valence-electron chi connectivity index (χ4n) is 2.13. The predicted octanol–water partition coefficient (Wildman–Crippen LogP) is 3.10. The molecule has 0 radical (unpaired) electrons. The molecule has 0 aromatic carbocycles. The zero-order chi connectivity index (χ0) is 13.2. The second-order valence-corrected chi connectivity index (χ2v) is 6.12. The number of aromatic nitrogens is 4. The van der Waals surface area contributed by atoms with E-state index in [0.29, 0.717) is 0 Å². The first-order chi connectivity index (χ1) is 8.42. The molecule has 0 saturated carbocycles. The predicted molar refractivity (Wildman–Crippen MR) is 72.4 cm³/mol. The number of rotatable bonds is 5. The van der Waals surface area contributed by atoms with Gasteiger partial charge in [0.05, 0.1) is 5.54 Å². The molecule has 2 heterocycles. The van der Waals surface area contributed by atoms with E-state index >= 15 is 0 Å². The number of hydrogen-bond acceptors (Lipinski definition) is 2. The molecule has 0 atom stereocenters. The summed E-state index contributed by atoms with van der Waals surface area (Å²) in [5.74, 6) is 0. The van der Waals surface area contributed by atoms with E-state index in [0.717, 1.165) is 12.8 Å². The summed E-state index contributed by atoms with van der Waals surface area (Å²) in [6.07, 6.45) is 7.84. The first kappa shape index (κ1) is 12.9. The summed E-state index contributed by atoms with van der Waals surface area (Å²) >= 11 is 0. The molecule has 1 N–H and O–H groups in total. The molecule has 2 aromatic rings. The lowest BCUT2D eigenvalue weighted by molar-refractivity contribution is 0.259. The van der Waals surface area contributed by atoms with Crippen LogP contribution in [0.5, 0.6) is 0 Å². The Kier molecular flexibility index (Phi) is 3.28. The zero-order valence-electron chi connectivity index (χ0n) is 11.6. The van der Waals surface area contributed by atoms with Crippen molar-refractivity contribution in [2.24, 2.45) is 0 Å². The monoisotopic (exact) mass is 246 g/mol. The van der Waals surface area contributed by atoms with Crippen LogP contribution in [0.15, 0.2) is 30.7 Å². The van der Waals surface area contributed by atoms with Crippen molar-refractivity contribution in [2.75, 3.05) is 0 Å². The lowest BCUT2D eigenvalue weighted by Gasteiger charge is -2.31. The molecule has 2 rings (SSSR count). The van der Waals surface area contributed by atoms with Crippen molar-refractivity contribution in [2.45, 2.75) is 51.5 Å². The SMILES string of the molecule is CC(C)(CCC(C)(C)n1cccn1)c1ccn[nH]1. The highest BCUT2D eigenvalue weighted by Gasteiger charge is 2.27. The van der Waals surface area contributed by atoms with Gasteiger partial charge in [-0.15, -0.1) is 0 Å². The molecule has 0 bridgehead atoms. The van der Waals surface area contributed by atoms with Gasteiger partial charge in [0.2, 0.25) is 0 Å². The molecule has 4 nitrogen and oxygen atoms in total. The van der Waals surface area contributed by atoms with Gasteiger partial charge in [0.15, 0.2) is 0 Å². The summed E-state index contributed by atoms with van der Waals surface area (Å²) in [6, 6.07) is 4.03. The summed E-state index contributed by atoms with van der Waals surface area (Å²) in [5.41, 5.74) is 1.35. The quantitative estimate of drug-likeness (QED) is 0.881. The van der Waals surface area contributed by atoms with Crippen LogP contribution in [0.4, 0.5) is 0 Å². The maximum absolute atomic E-state index is 4.35. The van der Waals surface area contributed by atoms with Gasteiger partial charge >= 0.3 is 0 Å². The van der Waals surface area contributed by atoms with Gasteiger partial charge < -0.3 is 0 Å². The van der Waals surface area contributed by atoms with E-state index in [2.05, 4.69) is 49.1 Å². The van der Waals surface area contributed by atoms with Crippen molar-refractivity contribution < 1.29 is 0 Å². The van der Waals surface area contributed by atoms with Crippen LogP contribution in [-0.2, 0) is 11.0 Å². The molecule has 18 heavy (non-hydrogen) atoms. The summed E-state index contributed by atoms with van der Waals surface area (Å²) in [6.45, 7) is 8.95. The third kappa shape index (κ3) is 2.63. The molecule has 98 valence electrons. The molecule has 0 unspecified atom stereocenters. The van der Waals surface area contributed by atoms with Gasteiger partial charge in [0.1, 0.15) is 0 Å². The van der Waals surface area contributed by atoms with E-state index in [4.69, 9.17) is 0 Å². The third-order valence-electron chi connectivity index (χ3n) is 3.72. The molecule has 0 spiro atoms. The van der Waals surface area contributed by atoms with Crippen molar-refractivity contribution in [3.8, 4) is 0 Å². The summed E-state index contributed by atoms with van der Waals surface area (Å²) in [4.78, 5) is 0. The highest BCUT2D eigenvalue weighted by atomic mass is 15.3. The van der Waals surface area contributed by atoms with Crippen LogP contribution in [-0.4, -0.2) is 20.0 Å². The highest BCUT2D eigenvalue weighted by molar-refractivity contribution is 5.11. The van der Waals surface area contributed by atoms with Crippen LogP contribution in [0, 0.1) is 0 Å². The average Bonchev–Trinajstić information content (AvgIpc) is 2.99. The second kappa shape index (κ2) is 4.59. The van der Waals surface area contributed by atoms with E-state index < -0.39 is 0 Å². The maximum atomic E-state index is 4.35. The van der Waals surface area contributed by atoms with Gasteiger partial charge in [0.25, 0.3) is 0 Å². The Hall–Kier alpha value is -1.58. The Morgan fingerprint density at radius 2 is 1.94 bits per heavy atom. The molecule has 0 aliphatic heterocycles. The number of nitrogens with zero attached hydrogens (tertiary/aromatic N) is 3. The van der Waals surface area contributed by atoms with E-state index in [9.17, 15) is 0 Å². The van der Waals surface area contributed by atoms with Crippen LogP contribution in [0.1, 0.15) is 46.2 Å². The Balaban J connectivity index is 2.03. The highest BCUT2D eigenvalue weighted by Crippen LogP contribution is 2.31. The number of hydrogen-bond donors (Lipinski definition) is 1. The van der Waals surface area contributed by atoms with Crippen molar-refractivity contribution in [3.05, 3.63) is 36.4 Å². The van der Waals surface area contributed by atoms with Crippen LogP contribution in [0.2, 0.25) is 0 Å². The first-order valence-electron chi connectivity index (χ1n) is 6.42. The molecule has 0 saturated heterocycles. The van der Waals surface area contributed by atoms with Crippen LogP contribution in [0.3, 0.4) is 0 Å². The van der Waals surface area contributed by atoms with Crippen molar-refractivity contribution in [3.63, 3.8) is 0 Å². The maximum Gasteiger partial charge on any atom is 0.0571 e. The largest absolute Gasteiger partial charge is 0.282 e. The zero-order valence-corrected chi connectivity index (χ0v) is 11.6. The smallest absolute Gasteiger partial charge is 0.0571 e. The van der Waals surface area contributed by atoms with Gasteiger partial charge in [-0.25, -0.2) is 0 Å². The summed E-state index contributed by atoms with van der Waals surface area (Å²) in [5, 5.41) is 11.5. The normalized spacial score (nSPS) is 12.9. The van der Waals surface area contributed by atoms with Gasteiger partial charge in [-0.2, -0.15) is 10.2 Å². The molecular weight excluding hydrogens is 224 g/mol. The van der Waals surface area contributed by atoms with Crippen molar-refractivity contribution in [1.29, 1.82) is 0 Å². The molecule has 0 aliphatic rings. The second-order valence-electron chi connectivity index (χ2n) is 6.12. The van der Waals surface area contributed by atoms with Crippen LogP contribution >= 0.6 is 0 Å². The summed E-state index contributed by atoms with van der Waals surface area (Å²) in [7, 11) is 0. The van der Waals surface area contributed by atoms with E-state index in [1.807, 2.05) is 29.3 Å². The van der Waals surface area contributed by atoms with Gasteiger partial charge in [0, 0.05) is 29.7 Å². The third-order valence-corrected chi connectivity index (χ3v) is 3.72. The van der Waals surface area contributed by atoms with Gasteiger partial charge in [-0.05, 0) is 38.8 Å². The van der Waals surface area contributed by atoms with Crippen molar-refractivity contribution >= 4 is 0 Å². The minimum absolute atomic E-state index is 0.0425. The van der Waals surface area contributed by atoms with Gasteiger partial charge in [-0.1, -0.05) is 13.8 Å². The van der Waals surface area contributed by atoms with E-state index in [-0.39, 0.29) is 11.0 Å². The first-order valence-corrected chi connectivity index (χ1v) is 6.42. The van der Waals surface area contributed by atoms with E-state index in [1.165, 1.54) is 5.69 Å². The van der Waals surface area contributed by atoms with E-state index in [1.54, 1.807) is 0 Å². The van der Waals surface area contributed by atoms with Crippen molar-refractivity contribution in [1.82, 2.24) is 20.0 Å². The Bertz CT molecular complexity index is 420. The fraction of sp³-hybridized carbons (Fsp3) is 0.571. The Labute approximate surface area is 108 Å². The average molecular weight is 246 g/mol. The van der Waals surface area contributed by atoms with Crippen LogP contribution in [0.25, 0.3) is 0 Å². The van der Waals surface area contributed by atoms with Crippen LogP contribution < -0.4 is 0 Å². The fourth-order valence-corrected chi connectivity index (χ4v) is 2.13. The minimum atomic E-state index is 0.0425. The topological polar surface area (TPSA) is 46.5 Å². The molecular formula is C14H22N4. The lowest BCUT2D eigenvalue weighted by Crippen LogP contribution is -2.30. The molecule has 2 aromatic heterocycles. The number of aromatic amines is 1. The Morgan fingerprint density at radius 3 is 2.50 bits per heavy atom. The molecule has 0 fully saturated rings. The summed E-state index contributed by atoms with van der Waals surface area (Å²) < 4.78 is 2.04. The number of H-pyrrole nitrogens is 1. The Morgan fingerprint density at radius 1 is 1.17 bits per heavy atom. The molecule has 0 amide bonds. The standard InChI is InChI=1S/C14H22N4/c1-13(2,12-6-10-15-17-12)7-8-14(3,4)18-11-5-9-16-18/h5-6,9-11H,7-8H2,1-4H3,(H,15,17). The number of nitrogens with one attached hydrogen (secondary N) is 1. The van der Waals surface area contributed by atoms with Gasteiger partial charge in [-0.3, -0.25) is 9.78 Å². The molecule has 4 heteroatoms. The minimum Gasteiger partial charge on any atom is -0.282 e.